The molecule has 0 amide bonds. The maximum atomic E-state index is 5.80. The second-order valence-corrected chi connectivity index (χ2v) is 4.40. The van der Waals surface area contributed by atoms with E-state index in [9.17, 15) is 0 Å². The van der Waals surface area contributed by atoms with E-state index in [1.54, 1.807) is 0 Å². The molecule has 1 saturated heterocycles. The molecule has 0 aromatic carbocycles. The normalized spacial score (nSPS) is 27.5. The van der Waals surface area contributed by atoms with E-state index < -0.39 is 0 Å². The highest BCUT2D eigenvalue weighted by molar-refractivity contribution is 4.68. The van der Waals surface area contributed by atoms with Gasteiger partial charge >= 0.3 is 0 Å². The predicted molar refractivity (Wildman–Crippen MR) is 55.6 cm³/mol. The average Bonchev–Trinajstić information content (AvgIpc) is 2.56. The van der Waals surface area contributed by atoms with Crippen molar-refractivity contribution in [2.24, 2.45) is 11.7 Å². The molecular weight excluding hydrogens is 162 g/mol. The summed E-state index contributed by atoms with van der Waals surface area (Å²) < 4.78 is 5.56. The van der Waals surface area contributed by atoms with Crippen molar-refractivity contribution in [3.8, 4) is 0 Å². The molecule has 0 aromatic rings. The largest absolute Gasteiger partial charge is 0.378 e. The first-order chi connectivity index (χ1) is 6.20. The minimum atomic E-state index is 0.337. The topological polar surface area (TPSA) is 35.2 Å². The van der Waals surface area contributed by atoms with Gasteiger partial charge in [0.2, 0.25) is 0 Å². The standard InChI is InChI=1S/C11H23NO/c1-9(10(2)12)5-3-6-11-7-4-8-13-11/h9-11H,3-8,12H2,1-2H3. The molecule has 78 valence electrons. The van der Waals surface area contributed by atoms with Crippen LogP contribution in [0.3, 0.4) is 0 Å². The van der Waals surface area contributed by atoms with Crippen molar-refractivity contribution in [3.63, 3.8) is 0 Å². The van der Waals surface area contributed by atoms with Crippen molar-refractivity contribution in [2.75, 3.05) is 6.61 Å². The van der Waals surface area contributed by atoms with Crippen LogP contribution in [0.5, 0.6) is 0 Å². The average molecular weight is 185 g/mol. The number of hydrogen-bond acceptors (Lipinski definition) is 2. The maximum absolute atomic E-state index is 5.80. The Labute approximate surface area is 81.8 Å². The van der Waals surface area contributed by atoms with Gasteiger partial charge in [0, 0.05) is 12.6 Å². The van der Waals surface area contributed by atoms with Gasteiger partial charge in [-0.05, 0) is 38.5 Å². The maximum Gasteiger partial charge on any atom is 0.0576 e. The highest BCUT2D eigenvalue weighted by Gasteiger charge is 2.15. The number of rotatable bonds is 5. The van der Waals surface area contributed by atoms with Crippen LogP contribution in [0.25, 0.3) is 0 Å². The molecule has 2 heteroatoms. The quantitative estimate of drug-likeness (QED) is 0.713. The van der Waals surface area contributed by atoms with E-state index in [0.717, 1.165) is 6.61 Å². The highest BCUT2D eigenvalue weighted by atomic mass is 16.5. The molecule has 1 rings (SSSR count). The van der Waals surface area contributed by atoms with Crippen molar-refractivity contribution in [2.45, 2.75) is 58.1 Å². The molecule has 1 aliphatic heterocycles. The summed E-state index contributed by atoms with van der Waals surface area (Å²) in [7, 11) is 0. The molecule has 0 saturated carbocycles. The van der Waals surface area contributed by atoms with Gasteiger partial charge in [-0.2, -0.15) is 0 Å². The summed E-state index contributed by atoms with van der Waals surface area (Å²) in [6.45, 7) is 5.31. The molecule has 1 heterocycles. The SMILES string of the molecule is CC(N)C(C)CCCC1CCCO1. The lowest BCUT2D eigenvalue weighted by Crippen LogP contribution is -2.24. The van der Waals surface area contributed by atoms with Gasteiger partial charge < -0.3 is 10.5 Å². The highest BCUT2D eigenvalue weighted by Crippen LogP contribution is 2.19. The predicted octanol–water partition coefficient (Wildman–Crippen LogP) is 2.32. The van der Waals surface area contributed by atoms with Crippen LogP contribution in [0.15, 0.2) is 0 Å². The Morgan fingerprint density at radius 3 is 2.77 bits per heavy atom. The number of nitrogens with two attached hydrogens (primary N) is 1. The van der Waals surface area contributed by atoms with Gasteiger partial charge in [-0.1, -0.05) is 13.3 Å². The summed E-state index contributed by atoms with van der Waals surface area (Å²) in [6.07, 6.45) is 6.84. The first kappa shape index (κ1) is 11.0. The van der Waals surface area contributed by atoms with Crippen molar-refractivity contribution in [3.05, 3.63) is 0 Å². The van der Waals surface area contributed by atoms with E-state index in [1.165, 1.54) is 32.1 Å². The summed E-state index contributed by atoms with van der Waals surface area (Å²) in [5, 5.41) is 0. The Bertz CT molecular complexity index is 128. The minimum absolute atomic E-state index is 0.337. The van der Waals surface area contributed by atoms with E-state index in [1.807, 2.05) is 0 Å². The van der Waals surface area contributed by atoms with Crippen LogP contribution in [0.1, 0.15) is 46.0 Å². The van der Waals surface area contributed by atoms with Gasteiger partial charge in [0.1, 0.15) is 0 Å². The second kappa shape index (κ2) is 5.61. The first-order valence-electron chi connectivity index (χ1n) is 5.57. The summed E-state index contributed by atoms with van der Waals surface area (Å²) in [5.74, 6) is 0.654. The van der Waals surface area contributed by atoms with Crippen LogP contribution >= 0.6 is 0 Å². The third kappa shape index (κ3) is 4.10. The molecule has 0 spiro atoms. The smallest absolute Gasteiger partial charge is 0.0576 e. The first-order valence-corrected chi connectivity index (χ1v) is 5.57. The van der Waals surface area contributed by atoms with E-state index in [2.05, 4.69) is 13.8 Å². The molecule has 0 radical (unpaired) electrons. The Morgan fingerprint density at radius 2 is 2.23 bits per heavy atom. The van der Waals surface area contributed by atoms with Crippen molar-refractivity contribution >= 4 is 0 Å². The van der Waals surface area contributed by atoms with Crippen LogP contribution in [0, 0.1) is 5.92 Å². The lowest BCUT2D eigenvalue weighted by Gasteiger charge is -2.16. The fourth-order valence-corrected chi connectivity index (χ4v) is 1.80. The molecule has 2 nitrogen and oxygen atoms in total. The Balaban J connectivity index is 1.99. The Kier molecular flexibility index (Phi) is 4.74. The van der Waals surface area contributed by atoms with Crippen molar-refractivity contribution in [1.82, 2.24) is 0 Å². The van der Waals surface area contributed by atoms with Crippen LogP contribution in [-0.2, 0) is 4.74 Å². The van der Waals surface area contributed by atoms with Gasteiger partial charge in [-0.3, -0.25) is 0 Å². The van der Waals surface area contributed by atoms with Crippen molar-refractivity contribution < 1.29 is 4.74 Å². The molecule has 1 fully saturated rings. The van der Waals surface area contributed by atoms with Crippen LogP contribution in [-0.4, -0.2) is 18.8 Å². The van der Waals surface area contributed by atoms with Gasteiger partial charge in [0.15, 0.2) is 0 Å². The lowest BCUT2D eigenvalue weighted by atomic mass is 9.96. The molecule has 3 atom stereocenters. The van der Waals surface area contributed by atoms with E-state index in [0.29, 0.717) is 18.1 Å². The summed E-state index contributed by atoms with van der Waals surface area (Å²) >= 11 is 0. The molecule has 0 aromatic heterocycles. The third-order valence-corrected chi connectivity index (χ3v) is 3.11. The molecule has 13 heavy (non-hydrogen) atoms. The molecule has 2 N–H and O–H groups in total. The molecule has 1 aliphatic rings. The fourth-order valence-electron chi connectivity index (χ4n) is 1.80. The summed E-state index contributed by atoms with van der Waals surface area (Å²) in [5.41, 5.74) is 5.80. The number of hydrogen-bond donors (Lipinski definition) is 1. The van der Waals surface area contributed by atoms with E-state index in [-0.39, 0.29) is 0 Å². The van der Waals surface area contributed by atoms with E-state index >= 15 is 0 Å². The zero-order valence-electron chi connectivity index (χ0n) is 8.96. The van der Waals surface area contributed by atoms with Crippen LogP contribution in [0.4, 0.5) is 0 Å². The Hall–Kier alpha value is -0.0800. The van der Waals surface area contributed by atoms with E-state index in [4.69, 9.17) is 10.5 Å². The van der Waals surface area contributed by atoms with Gasteiger partial charge in [0.25, 0.3) is 0 Å². The zero-order valence-corrected chi connectivity index (χ0v) is 8.96. The second-order valence-electron chi connectivity index (χ2n) is 4.40. The van der Waals surface area contributed by atoms with Crippen molar-refractivity contribution in [1.29, 1.82) is 0 Å². The lowest BCUT2D eigenvalue weighted by molar-refractivity contribution is 0.101. The molecule has 0 bridgehead atoms. The zero-order chi connectivity index (χ0) is 9.68. The summed E-state index contributed by atoms with van der Waals surface area (Å²) in [6, 6.07) is 0.337. The minimum Gasteiger partial charge on any atom is -0.378 e. The molecule has 0 aliphatic carbocycles. The monoisotopic (exact) mass is 185 g/mol. The van der Waals surface area contributed by atoms with Gasteiger partial charge in [0.05, 0.1) is 6.10 Å². The van der Waals surface area contributed by atoms with Crippen LogP contribution in [0.2, 0.25) is 0 Å². The Morgan fingerprint density at radius 1 is 1.46 bits per heavy atom. The molecular formula is C11H23NO. The van der Waals surface area contributed by atoms with Crippen LogP contribution < -0.4 is 5.73 Å². The summed E-state index contributed by atoms with van der Waals surface area (Å²) in [4.78, 5) is 0. The molecule has 3 unspecified atom stereocenters. The number of ether oxygens (including phenoxy) is 1. The third-order valence-electron chi connectivity index (χ3n) is 3.11. The van der Waals surface area contributed by atoms with Gasteiger partial charge in [-0.15, -0.1) is 0 Å². The fraction of sp³-hybridized carbons (Fsp3) is 1.00. The van der Waals surface area contributed by atoms with Gasteiger partial charge in [-0.25, -0.2) is 0 Å².